The molecule has 0 saturated carbocycles. The van der Waals surface area contributed by atoms with Crippen molar-refractivity contribution in [2.75, 3.05) is 40.9 Å². The summed E-state index contributed by atoms with van der Waals surface area (Å²) in [6, 6.07) is -0.879. The van der Waals surface area contributed by atoms with Gasteiger partial charge >= 0.3 is 5.97 Å². The Bertz CT molecular complexity index is 1260. The van der Waals surface area contributed by atoms with E-state index in [4.69, 9.17) is 13.8 Å². The second-order valence-electron chi connectivity index (χ2n) is 23.3. The van der Waals surface area contributed by atoms with Crippen molar-refractivity contribution >= 4 is 19.7 Å². The van der Waals surface area contributed by atoms with Gasteiger partial charge in [0.1, 0.15) is 19.3 Å². The Kier molecular flexibility index (Phi) is 53.2. The van der Waals surface area contributed by atoms with Crippen LogP contribution < -0.4 is 10.2 Å². The summed E-state index contributed by atoms with van der Waals surface area (Å²) >= 11 is 0. The number of esters is 1. The van der Waals surface area contributed by atoms with Crippen LogP contribution in [0, 0.1) is 0 Å². The van der Waals surface area contributed by atoms with Crippen LogP contribution in [-0.4, -0.2) is 69.4 Å². The minimum Gasteiger partial charge on any atom is -0.756 e. The van der Waals surface area contributed by atoms with Gasteiger partial charge in [0, 0.05) is 12.8 Å². The van der Waals surface area contributed by atoms with Gasteiger partial charge in [-0.2, -0.15) is 0 Å². The second kappa shape index (κ2) is 54.1. The van der Waals surface area contributed by atoms with Crippen molar-refractivity contribution in [3.8, 4) is 0 Å². The molecule has 0 fully saturated rings. The lowest BCUT2D eigenvalue weighted by atomic mass is 10.0. The lowest BCUT2D eigenvalue weighted by molar-refractivity contribution is -0.870. The van der Waals surface area contributed by atoms with Gasteiger partial charge in [0.25, 0.3) is 7.82 Å². The molecule has 0 aromatic rings. The maximum atomic E-state index is 13.5. The van der Waals surface area contributed by atoms with Crippen LogP contribution in [0.5, 0.6) is 0 Å². The van der Waals surface area contributed by atoms with Gasteiger partial charge < -0.3 is 28.5 Å². The van der Waals surface area contributed by atoms with Gasteiger partial charge in [0.05, 0.1) is 33.8 Å². The SMILES string of the molecule is CCCCCCCCCCCCC/C=C/C(OC(=O)CCCCCCCCCCCCCCCCC)C(COP(=O)([O-])OCC[N+](C)(C)C)NC(=O)CCCCCCCCCCCCCCCCCCCCC. The number of likely N-dealkylation sites (N-methyl/N-ethyl adjacent to an activating group) is 1. The molecule has 0 aliphatic carbocycles. The topological polar surface area (TPSA) is 114 Å². The van der Waals surface area contributed by atoms with E-state index in [0.717, 1.165) is 57.8 Å². The number of rotatable bonds is 59. The fraction of sp³-hybridized carbons (Fsp3) is 0.937. The molecule has 3 atom stereocenters. The van der Waals surface area contributed by atoms with Crippen molar-refractivity contribution in [3.05, 3.63) is 12.2 Å². The van der Waals surface area contributed by atoms with Crippen LogP contribution in [0.1, 0.15) is 329 Å². The average Bonchev–Trinajstić information content (AvgIpc) is 3.35. The number of nitrogens with one attached hydrogen (secondary N) is 1. The predicted octanol–water partition coefficient (Wildman–Crippen LogP) is 18.9. The van der Waals surface area contributed by atoms with Crippen molar-refractivity contribution in [2.45, 2.75) is 341 Å². The number of hydrogen-bond acceptors (Lipinski definition) is 7. The molecule has 0 radical (unpaired) electrons. The Morgan fingerprint density at radius 3 is 1.12 bits per heavy atom. The van der Waals surface area contributed by atoms with E-state index in [0.29, 0.717) is 17.4 Å². The third-order valence-electron chi connectivity index (χ3n) is 14.7. The van der Waals surface area contributed by atoms with Crippen LogP contribution in [0.2, 0.25) is 0 Å². The Labute approximate surface area is 454 Å². The molecular weight excluding hydrogens is 928 g/mol. The molecule has 0 rings (SSSR count). The van der Waals surface area contributed by atoms with E-state index in [1.165, 1.54) is 238 Å². The maximum Gasteiger partial charge on any atom is 0.306 e. The van der Waals surface area contributed by atoms with Gasteiger partial charge in [-0.25, -0.2) is 0 Å². The van der Waals surface area contributed by atoms with Crippen LogP contribution in [-0.2, 0) is 27.9 Å². The lowest BCUT2D eigenvalue weighted by Crippen LogP contribution is -2.47. The number of amides is 1. The number of phosphoric acid groups is 1. The van der Waals surface area contributed by atoms with E-state index >= 15 is 0 Å². The lowest BCUT2D eigenvalue weighted by Gasteiger charge is -2.30. The molecule has 0 saturated heterocycles. The third-order valence-corrected chi connectivity index (χ3v) is 15.7. The molecule has 434 valence electrons. The first kappa shape index (κ1) is 71.8. The summed E-state index contributed by atoms with van der Waals surface area (Å²) in [5, 5.41) is 3.04. The summed E-state index contributed by atoms with van der Waals surface area (Å²) in [5.74, 6) is -0.518. The van der Waals surface area contributed by atoms with Crippen molar-refractivity contribution in [2.24, 2.45) is 0 Å². The summed E-state index contributed by atoms with van der Waals surface area (Å²) in [6.45, 7) is 6.90. The molecule has 0 heterocycles. The molecule has 0 aromatic carbocycles. The fourth-order valence-electron chi connectivity index (χ4n) is 9.76. The molecule has 1 amide bonds. The molecule has 0 bridgehead atoms. The number of phosphoric ester groups is 1. The van der Waals surface area contributed by atoms with E-state index in [-0.39, 0.29) is 31.5 Å². The molecule has 0 aliphatic heterocycles. The molecular formula is C63H125N2O7P. The van der Waals surface area contributed by atoms with Crippen molar-refractivity contribution in [3.63, 3.8) is 0 Å². The Morgan fingerprint density at radius 1 is 0.466 bits per heavy atom. The van der Waals surface area contributed by atoms with Crippen molar-refractivity contribution < 1.29 is 37.3 Å². The summed E-state index contributed by atoms with van der Waals surface area (Å²) in [7, 11) is 1.21. The Hall–Kier alpha value is -1.25. The molecule has 0 aliphatic rings. The Morgan fingerprint density at radius 2 is 0.781 bits per heavy atom. The van der Waals surface area contributed by atoms with E-state index in [9.17, 15) is 19.0 Å². The number of carbonyl (C=O) groups is 2. The number of unbranched alkanes of at least 4 members (excludes halogenated alkanes) is 43. The monoisotopic (exact) mass is 1050 g/mol. The standard InChI is InChI=1S/C63H125N2O7P/c1-7-10-13-16-19-22-25-28-30-31-32-33-35-37-40-43-46-49-52-55-62(66)64-60(59-71-73(68,69)70-58-57-65(4,5)6)61(54-51-48-45-42-39-36-27-24-21-18-15-12-9-3)72-63(67)56-53-50-47-44-41-38-34-29-26-23-20-17-14-11-8-2/h51,54,60-61H,7-50,52-53,55-59H2,1-6H3,(H-,64,66,68,69)/b54-51+. The van der Waals surface area contributed by atoms with Gasteiger partial charge in [-0.15, -0.1) is 0 Å². The summed E-state index contributed by atoms with van der Waals surface area (Å²) in [6.07, 6.45) is 61.7. The number of allylic oxidation sites excluding steroid dienone is 1. The van der Waals surface area contributed by atoms with Crippen molar-refractivity contribution in [1.29, 1.82) is 0 Å². The first-order chi connectivity index (χ1) is 35.4. The molecule has 9 nitrogen and oxygen atoms in total. The number of nitrogens with zero attached hydrogens (tertiary/aromatic N) is 1. The van der Waals surface area contributed by atoms with Gasteiger partial charge in [0.2, 0.25) is 5.91 Å². The molecule has 0 aromatic heterocycles. The van der Waals surface area contributed by atoms with Gasteiger partial charge in [0.15, 0.2) is 0 Å². The molecule has 0 spiro atoms. The minimum absolute atomic E-state index is 0.0166. The zero-order valence-corrected chi connectivity index (χ0v) is 50.5. The summed E-state index contributed by atoms with van der Waals surface area (Å²) in [5.41, 5.74) is 0. The fourth-order valence-corrected chi connectivity index (χ4v) is 10.5. The van der Waals surface area contributed by atoms with Crippen molar-refractivity contribution in [1.82, 2.24) is 5.32 Å². The molecule has 73 heavy (non-hydrogen) atoms. The van der Waals surface area contributed by atoms with Gasteiger partial charge in [-0.1, -0.05) is 297 Å². The summed E-state index contributed by atoms with van der Waals surface area (Å²) < 4.78 is 30.4. The smallest absolute Gasteiger partial charge is 0.306 e. The number of quaternary nitrogens is 1. The highest BCUT2D eigenvalue weighted by molar-refractivity contribution is 7.45. The Balaban J connectivity index is 5.21. The predicted molar refractivity (Wildman–Crippen MR) is 312 cm³/mol. The zero-order chi connectivity index (χ0) is 53.6. The summed E-state index contributed by atoms with van der Waals surface area (Å²) in [4.78, 5) is 40.0. The van der Waals surface area contributed by atoms with Crippen LogP contribution in [0.3, 0.4) is 0 Å². The van der Waals surface area contributed by atoms with E-state index in [1.807, 2.05) is 33.3 Å². The highest BCUT2D eigenvalue weighted by Crippen LogP contribution is 2.38. The highest BCUT2D eigenvalue weighted by atomic mass is 31.2. The second-order valence-corrected chi connectivity index (χ2v) is 24.7. The number of carbonyl (C=O) groups excluding carboxylic acids is 2. The minimum atomic E-state index is -4.69. The van der Waals surface area contributed by atoms with Crippen LogP contribution in [0.25, 0.3) is 0 Å². The first-order valence-corrected chi connectivity index (χ1v) is 33.5. The highest BCUT2D eigenvalue weighted by Gasteiger charge is 2.27. The first-order valence-electron chi connectivity index (χ1n) is 32.0. The quantitative estimate of drug-likeness (QED) is 0.0212. The normalized spacial score (nSPS) is 13.7. The van der Waals surface area contributed by atoms with E-state index in [2.05, 4.69) is 26.1 Å². The van der Waals surface area contributed by atoms with Crippen LogP contribution >= 0.6 is 7.82 Å². The average molecular weight is 1050 g/mol. The number of ether oxygens (including phenoxy) is 1. The third kappa shape index (κ3) is 55.3. The van der Waals surface area contributed by atoms with E-state index in [1.54, 1.807) is 0 Å². The largest absolute Gasteiger partial charge is 0.756 e. The van der Waals surface area contributed by atoms with Gasteiger partial charge in [-0.3, -0.25) is 14.2 Å². The van der Waals surface area contributed by atoms with Gasteiger partial charge in [-0.05, 0) is 31.8 Å². The van der Waals surface area contributed by atoms with Crippen LogP contribution in [0.15, 0.2) is 12.2 Å². The molecule has 10 heteroatoms. The maximum absolute atomic E-state index is 13.5. The molecule has 1 N–H and O–H groups in total. The number of hydrogen-bond donors (Lipinski definition) is 1. The van der Waals surface area contributed by atoms with E-state index < -0.39 is 20.0 Å². The zero-order valence-electron chi connectivity index (χ0n) is 49.6. The molecule has 3 unspecified atom stereocenters. The van der Waals surface area contributed by atoms with Crippen LogP contribution in [0.4, 0.5) is 0 Å².